The van der Waals surface area contributed by atoms with E-state index >= 15 is 0 Å². The number of nitrogens with one attached hydrogen (secondary N) is 1. The van der Waals surface area contributed by atoms with Crippen LogP contribution < -0.4 is 5.32 Å². The lowest BCUT2D eigenvalue weighted by atomic mass is 10.6. The molecule has 4 heteroatoms. The molecule has 0 saturated carbocycles. The second kappa shape index (κ2) is 4.41. The van der Waals surface area contributed by atoms with Gasteiger partial charge in [0.05, 0.1) is 5.69 Å². The fourth-order valence-corrected chi connectivity index (χ4v) is 1.44. The number of rotatable bonds is 4. The van der Waals surface area contributed by atoms with Gasteiger partial charge in [-0.1, -0.05) is 11.8 Å². The van der Waals surface area contributed by atoms with Gasteiger partial charge in [0.1, 0.15) is 6.26 Å². The van der Waals surface area contributed by atoms with Crippen molar-refractivity contribution in [2.45, 2.75) is 12.1 Å². The Morgan fingerprint density at radius 1 is 1.73 bits per heavy atom. The van der Waals surface area contributed by atoms with Crippen LogP contribution in [0, 0.1) is 6.92 Å². The van der Waals surface area contributed by atoms with E-state index in [1.807, 2.05) is 14.0 Å². The smallest absolute Gasteiger partial charge is 0.255 e. The number of nitrogens with zero attached hydrogens (tertiary/aromatic N) is 1. The summed E-state index contributed by atoms with van der Waals surface area (Å²) in [5.74, 6) is 0.996. The van der Waals surface area contributed by atoms with Crippen LogP contribution >= 0.6 is 11.8 Å². The third-order valence-electron chi connectivity index (χ3n) is 1.18. The first-order valence-corrected chi connectivity index (χ1v) is 4.51. The van der Waals surface area contributed by atoms with Gasteiger partial charge in [-0.3, -0.25) is 0 Å². The van der Waals surface area contributed by atoms with Gasteiger partial charge in [0, 0.05) is 12.3 Å². The van der Waals surface area contributed by atoms with Crippen molar-refractivity contribution in [1.29, 1.82) is 0 Å². The van der Waals surface area contributed by atoms with Gasteiger partial charge in [-0.2, -0.15) is 0 Å². The number of aromatic nitrogens is 1. The van der Waals surface area contributed by atoms with Gasteiger partial charge in [-0.15, -0.1) is 0 Å². The van der Waals surface area contributed by atoms with E-state index in [9.17, 15) is 0 Å². The van der Waals surface area contributed by atoms with E-state index in [1.54, 1.807) is 18.0 Å². The van der Waals surface area contributed by atoms with E-state index in [1.165, 1.54) is 0 Å². The van der Waals surface area contributed by atoms with Crippen LogP contribution in [-0.4, -0.2) is 24.3 Å². The molecule has 3 nitrogen and oxygen atoms in total. The number of aryl methyl sites for hydroxylation is 1. The van der Waals surface area contributed by atoms with Crippen molar-refractivity contribution in [2.75, 3.05) is 19.3 Å². The highest BCUT2D eigenvalue weighted by Gasteiger charge is 1.98. The average molecular weight is 172 g/mol. The van der Waals surface area contributed by atoms with Crippen LogP contribution in [-0.2, 0) is 0 Å². The van der Waals surface area contributed by atoms with Crippen molar-refractivity contribution in [1.82, 2.24) is 10.3 Å². The minimum Gasteiger partial charge on any atom is -0.440 e. The van der Waals surface area contributed by atoms with Gasteiger partial charge < -0.3 is 9.73 Å². The molecule has 0 fully saturated rings. The van der Waals surface area contributed by atoms with Crippen molar-refractivity contribution in [3.8, 4) is 0 Å². The number of oxazole rings is 1. The predicted octanol–water partition coefficient (Wildman–Crippen LogP) is 1.29. The molecule has 1 aromatic rings. The molecule has 0 unspecified atom stereocenters. The van der Waals surface area contributed by atoms with Gasteiger partial charge in [-0.05, 0) is 14.0 Å². The summed E-state index contributed by atoms with van der Waals surface area (Å²) in [5.41, 5.74) is 0.942. The Hall–Kier alpha value is -0.480. The summed E-state index contributed by atoms with van der Waals surface area (Å²) in [6, 6.07) is 0. The van der Waals surface area contributed by atoms with Crippen molar-refractivity contribution >= 4 is 11.8 Å². The fraction of sp³-hybridized carbons (Fsp3) is 0.571. The van der Waals surface area contributed by atoms with Gasteiger partial charge in [-0.25, -0.2) is 4.98 Å². The Bertz CT molecular complexity index is 212. The first-order valence-electron chi connectivity index (χ1n) is 3.52. The Labute approximate surface area is 70.6 Å². The molecule has 0 spiro atoms. The molecule has 0 atom stereocenters. The van der Waals surface area contributed by atoms with E-state index in [2.05, 4.69) is 10.3 Å². The molecule has 0 bridgehead atoms. The third-order valence-corrected chi connectivity index (χ3v) is 2.02. The van der Waals surface area contributed by atoms with Crippen molar-refractivity contribution in [3.63, 3.8) is 0 Å². The Kier molecular flexibility index (Phi) is 3.45. The molecule has 0 amide bonds. The van der Waals surface area contributed by atoms with E-state index < -0.39 is 0 Å². The minimum absolute atomic E-state index is 0.762. The molecule has 11 heavy (non-hydrogen) atoms. The summed E-state index contributed by atoms with van der Waals surface area (Å²) in [6.45, 7) is 2.90. The fourth-order valence-electron chi connectivity index (χ4n) is 0.639. The molecule has 0 saturated heterocycles. The zero-order valence-corrected chi connectivity index (χ0v) is 7.57. The summed E-state index contributed by atoms with van der Waals surface area (Å²) in [7, 11) is 1.93. The second-order valence-corrected chi connectivity index (χ2v) is 3.25. The minimum atomic E-state index is 0.762. The molecule has 0 radical (unpaired) electrons. The molecular formula is C7H12N2OS. The first-order chi connectivity index (χ1) is 5.33. The number of hydrogen-bond acceptors (Lipinski definition) is 4. The third kappa shape index (κ3) is 2.95. The Morgan fingerprint density at radius 2 is 2.55 bits per heavy atom. The normalized spacial score (nSPS) is 10.4. The molecule has 62 valence electrons. The van der Waals surface area contributed by atoms with Crippen molar-refractivity contribution < 1.29 is 4.42 Å². The van der Waals surface area contributed by atoms with E-state index in [0.29, 0.717) is 0 Å². The number of hydrogen-bond donors (Lipinski definition) is 1. The largest absolute Gasteiger partial charge is 0.440 e. The maximum Gasteiger partial charge on any atom is 0.255 e. The predicted molar refractivity (Wildman–Crippen MR) is 45.9 cm³/mol. The molecule has 0 aromatic carbocycles. The van der Waals surface area contributed by atoms with Crippen LogP contribution in [0.3, 0.4) is 0 Å². The maximum absolute atomic E-state index is 5.13. The summed E-state index contributed by atoms with van der Waals surface area (Å²) in [4.78, 5) is 4.15. The standard InChI is InChI=1S/C7H12N2OS/c1-6-5-10-7(9-6)11-4-3-8-2/h5,8H,3-4H2,1-2H3. The molecule has 1 aromatic heterocycles. The lowest BCUT2D eigenvalue weighted by Crippen LogP contribution is -2.09. The van der Waals surface area contributed by atoms with Crippen LogP contribution in [0.4, 0.5) is 0 Å². The average Bonchev–Trinajstić information content (AvgIpc) is 2.37. The van der Waals surface area contributed by atoms with E-state index in [-0.39, 0.29) is 0 Å². The zero-order chi connectivity index (χ0) is 8.10. The van der Waals surface area contributed by atoms with E-state index in [0.717, 1.165) is 23.2 Å². The van der Waals surface area contributed by atoms with Crippen LogP contribution in [0.15, 0.2) is 15.9 Å². The van der Waals surface area contributed by atoms with Crippen LogP contribution in [0.25, 0.3) is 0 Å². The highest BCUT2D eigenvalue weighted by molar-refractivity contribution is 7.99. The Morgan fingerprint density at radius 3 is 3.09 bits per heavy atom. The lowest BCUT2D eigenvalue weighted by Gasteiger charge is -1.93. The van der Waals surface area contributed by atoms with Gasteiger partial charge in [0.15, 0.2) is 0 Å². The molecule has 0 aliphatic carbocycles. The van der Waals surface area contributed by atoms with Crippen molar-refractivity contribution in [3.05, 3.63) is 12.0 Å². The highest BCUT2D eigenvalue weighted by Crippen LogP contribution is 2.15. The Balaban J connectivity index is 2.27. The summed E-state index contributed by atoms with van der Waals surface area (Å²) in [5, 5.41) is 3.82. The quantitative estimate of drug-likeness (QED) is 0.548. The van der Waals surface area contributed by atoms with Crippen LogP contribution in [0.1, 0.15) is 5.69 Å². The van der Waals surface area contributed by atoms with Gasteiger partial charge >= 0.3 is 0 Å². The zero-order valence-electron chi connectivity index (χ0n) is 6.76. The summed E-state index contributed by atoms with van der Waals surface area (Å²) < 4.78 is 5.13. The first kappa shape index (κ1) is 8.62. The van der Waals surface area contributed by atoms with Crippen LogP contribution in [0.5, 0.6) is 0 Å². The molecule has 0 aliphatic heterocycles. The second-order valence-electron chi connectivity index (χ2n) is 2.21. The molecule has 1 N–H and O–H groups in total. The summed E-state index contributed by atoms with van der Waals surface area (Å²) in [6.07, 6.45) is 1.67. The molecule has 1 heterocycles. The lowest BCUT2D eigenvalue weighted by molar-refractivity contribution is 0.454. The van der Waals surface area contributed by atoms with Crippen LogP contribution in [0.2, 0.25) is 0 Å². The van der Waals surface area contributed by atoms with Gasteiger partial charge in [0.25, 0.3) is 5.22 Å². The van der Waals surface area contributed by atoms with Gasteiger partial charge in [0.2, 0.25) is 0 Å². The maximum atomic E-state index is 5.13. The summed E-state index contributed by atoms with van der Waals surface area (Å²) >= 11 is 1.63. The van der Waals surface area contributed by atoms with Crippen molar-refractivity contribution in [2.24, 2.45) is 0 Å². The molecular weight excluding hydrogens is 160 g/mol. The topological polar surface area (TPSA) is 38.1 Å². The highest BCUT2D eigenvalue weighted by atomic mass is 32.2. The molecule has 1 rings (SSSR count). The molecule has 0 aliphatic rings. The van der Waals surface area contributed by atoms with E-state index in [4.69, 9.17) is 4.42 Å². The monoisotopic (exact) mass is 172 g/mol. The number of thioether (sulfide) groups is 1. The SMILES string of the molecule is CNCCSc1nc(C)co1.